The summed E-state index contributed by atoms with van der Waals surface area (Å²) in [7, 11) is 0. The van der Waals surface area contributed by atoms with Crippen molar-refractivity contribution in [2.75, 3.05) is 37.7 Å². The average Bonchev–Trinajstić information content (AvgIpc) is 2.60. The topological polar surface area (TPSA) is 49.9 Å². The number of rotatable bonds is 7. The van der Waals surface area contributed by atoms with Crippen molar-refractivity contribution in [2.45, 2.75) is 32.6 Å². The Labute approximate surface area is 152 Å². The molecule has 0 radical (unpaired) electrons. The van der Waals surface area contributed by atoms with Crippen molar-refractivity contribution in [1.82, 2.24) is 4.90 Å². The van der Waals surface area contributed by atoms with E-state index in [1.54, 1.807) is 6.92 Å². The molecule has 0 aliphatic carbocycles. The SMILES string of the molecule is CCOC(=O)CCCCC(=O)N1CCN(c2ccc(Br)cc2)CC1. The molecular weight excluding hydrogens is 372 g/mol. The van der Waals surface area contributed by atoms with E-state index in [2.05, 4.69) is 33.0 Å². The van der Waals surface area contributed by atoms with E-state index in [1.165, 1.54) is 5.69 Å². The van der Waals surface area contributed by atoms with Crippen LogP contribution in [0, 0.1) is 0 Å². The summed E-state index contributed by atoms with van der Waals surface area (Å²) in [5.74, 6) is 0.0161. The number of hydrogen-bond acceptors (Lipinski definition) is 4. The predicted molar refractivity (Wildman–Crippen MR) is 98.0 cm³/mol. The number of unbranched alkanes of at least 4 members (excludes halogenated alkanes) is 1. The van der Waals surface area contributed by atoms with Crippen LogP contribution in [0.4, 0.5) is 5.69 Å². The molecule has 24 heavy (non-hydrogen) atoms. The molecule has 0 aromatic heterocycles. The second-order valence-electron chi connectivity index (χ2n) is 5.86. The highest BCUT2D eigenvalue weighted by molar-refractivity contribution is 9.10. The first kappa shape index (κ1) is 18.8. The summed E-state index contributed by atoms with van der Waals surface area (Å²) in [5.41, 5.74) is 1.19. The molecule has 2 rings (SSSR count). The van der Waals surface area contributed by atoms with E-state index in [0.29, 0.717) is 25.9 Å². The van der Waals surface area contributed by atoms with Crippen LogP contribution in [0.25, 0.3) is 0 Å². The van der Waals surface area contributed by atoms with E-state index in [-0.39, 0.29) is 11.9 Å². The van der Waals surface area contributed by atoms with Crippen molar-refractivity contribution < 1.29 is 14.3 Å². The first-order valence-electron chi connectivity index (χ1n) is 8.54. The van der Waals surface area contributed by atoms with E-state index in [9.17, 15) is 9.59 Å². The van der Waals surface area contributed by atoms with Gasteiger partial charge in [0.25, 0.3) is 0 Å². The summed E-state index contributed by atoms with van der Waals surface area (Å²) in [6.45, 7) is 5.45. The zero-order chi connectivity index (χ0) is 17.4. The summed E-state index contributed by atoms with van der Waals surface area (Å²) < 4.78 is 5.96. The molecule has 0 bridgehead atoms. The number of ether oxygens (including phenoxy) is 1. The van der Waals surface area contributed by atoms with Gasteiger partial charge in [0, 0.05) is 49.2 Å². The standard InChI is InChI=1S/C18H25BrN2O3/c1-2-24-18(23)6-4-3-5-17(22)21-13-11-20(12-14-21)16-9-7-15(19)8-10-16/h7-10H,2-6,11-14H2,1H3. The molecule has 0 spiro atoms. The summed E-state index contributed by atoms with van der Waals surface area (Å²) in [4.78, 5) is 27.7. The molecule has 1 amide bonds. The van der Waals surface area contributed by atoms with Crippen molar-refractivity contribution in [3.05, 3.63) is 28.7 Å². The van der Waals surface area contributed by atoms with Gasteiger partial charge in [0.15, 0.2) is 0 Å². The van der Waals surface area contributed by atoms with Crippen molar-refractivity contribution >= 4 is 33.5 Å². The summed E-state index contributed by atoms with van der Waals surface area (Å²) >= 11 is 3.45. The molecule has 0 saturated carbocycles. The van der Waals surface area contributed by atoms with E-state index in [0.717, 1.165) is 37.1 Å². The fraction of sp³-hybridized carbons (Fsp3) is 0.556. The van der Waals surface area contributed by atoms with Crippen LogP contribution in [0.5, 0.6) is 0 Å². The maximum Gasteiger partial charge on any atom is 0.305 e. The van der Waals surface area contributed by atoms with Gasteiger partial charge in [-0.2, -0.15) is 0 Å². The Morgan fingerprint density at radius 3 is 2.29 bits per heavy atom. The number of carbonyl (C=O) groups excluding carboxylic acids is 2. The molecule has 1 saturated heterocycles. The molecular formula is C18H25BrN2O3. The van der Waals surface area contributed by atoms with Crippen LogP contribution in [-0.4, -0.2) is 49.6 Å². The molecule has 1 aromatic rings. The van der Waals surface area contributed by atoms with Gasteiger partial charge in [-0.3, -0.25) is 9.59 Å². The van der Waals surface area contributed by atoms with Crippen LogP contribution >= 0.6 is 15.9 Å². The molecule has 1 fully saturated rings. The number of amides is 1. The third kappa shape index (κ3) is 5.82. The lowest BCUT2D eigenvalue weighted by Crippen LogP contribution is -2.48. The molecule has 132 valence electrons. The van der Waals surface area contributed by atoms with Gasteiger partial charge in [-0.1, -0.05) is 15.9 Å². The molecule has 0 unspecified atom stereocenters. The van der Waals surface area contributed by atoms with Crippen LogP contribution in [0.15, 0.2) is 28.7 Å². The molecule has 1 aliphatic heterocycles. The Bertz CT molecular complexity index is 540. The van der Waals surface area contributed by atoms with E-state index < -0.39 is 0 Å². The van der Waals surface area contributed by atoms with Gasteiger partial charge in [0.1, 0.15) is 0 Å². The zero-order valence-electron chi connectivity index (χ0n) is 14.2. The lowest BCUT2D eigenvalue weighted by Gasteiger charge is -2.36. The molecule has 0 atom stereocenters. The second-order valence-corrected chi connectivity index (χ2v) is 6.77. The van der Waals surface area contributed by atoms with Gasteiger partial charge in [-0.15, -0.1) is 0 Å². The highest BCUT2D eigenvalue weighted by atomic mass is 79.9. The summed E-state index contributed by atoms with van der Waals surface area (Å²) in [6.07, 6.45) is 2.37. The molecule has 1 heterocycles. The number of halogens is 1. The smallest absolute Gasteiger partial charge is 0.305 e. The molecule has 1 aliphatic rings. The lowest BCUT2D eigenvalue weighted by molar-refractivity contribution is -0.143. The maximum atomic E-state index is 12.2. The van der Waals surface area contributed by atoms with Gasteiger partial charge in [-0.05, 0) is 44.0 Å². The van der Waals surface area contributed by atoms with Crippen molar-refractivity contribution in [2.24, 2.45) is 0 Å². The zero-order valence-corrected chi connectivity index (χ0v) is 15.8. The minimum atomic E-state index is -0.173. The lowest BCUT2D eigenvalue weighted by atomic mass is 10.1. The third-order valence-electron chi connectivity index (χ3n) is 4.15. The van der Waals surface area contributed by atoms with Crippen molar-refractivity contribution in [1.29, 1.82) is 0 Å². The monoisotopic (exact) mass is 396 g/mol. The fourth-order valence-electron chi connectivity index (χ4n) is 2.80. The Kier molecular flexibility index (Phi) is 7.56. The molecule has 1 aromatic carbocycles. The Balaban J connectivity index is 1.67. The van der Waals surface area contributed by atoms with E-state index in [4.69, 9.17) is 4.74 Å². The van der Waals surface area contributed by atoms with Crippen LogP contribution in [0.1, 0.15) is 32.6 Å². The summed E-state index contributed by atoms with van der Waals surface area (Å²) in [6, 6.07) is 8.26. The molecule has 0 N–H and O–H groups in total. The predicted octanol–water partition coefficient (Wildman–Crippen LogP) is 3.22. The van der Waals surface area contributed by atoms with Gasteiger partial charge in [0.05, 0.1) is 6.61 Å². The number of carbonyl (C=O) groups is 2. The number of esters is 1. The molecule has 5 nitrogen and oxygen atoms in total. The average molecular weight is 397 g/mol. The number of nitrogens with zero attached hydrogens (tertiary/aromatic N) is 2. The largest absolute Gasteiger partial charge is 0.466 e. The van der Waals surface area contributed by atoms with Crippen molar-refractivity contribution in [3.8, 4) is 0 Å². The van der Waals surface area contributed by atoms with E-state index in [1.807, 2.05) is 17.0 Å². The summed E-state index contributed by atoms with van der Waals surface area (Å²) in [5, 5.41) is 0. The molecule has 6 heteroatoms. The van der Waals surface area contributed by atoms with Gasteiger partial charge < -0.3 is 14.5 Å². The Morgan fingerprint density at radius 2 is 1.67 bits per heavy atom. The highest BCUT2D eigenvalue weighted by Gasteiger charge is 2.20. The van der Waals surface area contributed by atoms with E-state index >= 15 is 0 Å². The number of benzene rings is 1. The van der Waals surface area contributed by atoms with Crippen LogP contribution < -0.4 is 4.90 Å². The van der Waals surface area contributed by atoms with Crippen molar-refractivity contribution in [3.63, 3.8) is 0 Å². The van der Waals surface area contributed by atoms with Crippen LogP contribution in [0.2, 0.25) is 0 Å². The minimum Gasteiger partial charge on any atom is -0.466 e. The highest BCUT2D eigenvalue weighted by Crippen LogP contribution is 2.20. The third-order valence-corrected chi connectivity index (χ3v) is 4.68. The minimum absolute atomic E-state index is 0.173. The normalized spacial score (nSPS) is 14.6. The second kappa shape index (κ2) is 9.67. The van der Waals surface area contributed by atoms with Gasteiger partial charge >= 0.3 is 5.97 Å². The maximum absolute atomic E-state index is 12.2. The Morgan fingerprint density at radius 1 is 1.04 bits per heavy atom. The van der Waals surface area contributed by atoms with Gasteiger partial charge in [-0.25, -0.2) is 0 Å². The van der Waals surface area contributed by atoms with Crippen LogP contribution in [-0.2, 0) is 14.3 Å². The van der Waals surface area contributed by atoms with Crippen LogP contribution in [0.3, 0.4) is 0 Å². The number of anilines is 1. The fourth-order valence-corrected chi connectivity index (χ4v) is 3.07. The first-order chi connectivity index (χ1) is 11.6. The van der Waals surface area contributed by atoms with Gasteiger partial charge in [0.2, 0.25) is 5.91 Å². The number of hydrogen-bond donors (Lipinski definition) is 0. The number of piperazine rings is 1. The quantitative estimate of drug-likeness (QED) is 0.524. The Hall–Kier alpha value is -1.56. The first-order valence-corrected chi connectivity index (χ1v) is 9.33.